The van der Waals surface area contributed by atoms with Gasteiger partial charge in [-0.1, -0.05) is 6.92 Å². The molecule has 1 saturated carbocycles. The topological polar surface area (TPSA) is 97.8 Å². The minimum absolute atomic E-state index is 0.114. The van der Waals surface area contributed by atoms with Crippen molar-refractivity contribution in [2.75, 3.05) is 31.6 Å². The fraction of sp³-hybridized carbons (Fsp3) is 0.500. The molecule has 1 aromatic heterocycles. The number of benzene rings is 1. The first-order valence-corrected chi connectivity index (χ1v) is 9.54. The second-order valence-corrected chi connectivity index (χ2v) is 8.24. The molecule has 7 nitrogen and oxygen atoms in total. The van der Waals surface area contributed by atoms with Gasteiger partial charge in [-0.25, -0.2) is 13.6 Å². The molecule has 4 rings (SSSR count). The van der Waals surface area contributed by atoms with Gasteiger partial charge in [0.1, 0.15) is 11.3 Å². The number of pyridine rings is 1. The number of nitrogens with two attached hydrogens (primary N) is 1. The SMILES string of the molecule is COc1c(F)c(N2CCC(C)(CN)C2)c(F)c2c1c(=O)c(C(=O)O)cn2C1CC1. The molecular formula is C20H23F2N3O4. The van der Waals surface area contributed by atoms with Crippen LogP contribution in [0.3, 0.4) is 0 Å². The molecule has 29 heavy (non-hydrogen) atoms. The molecule has 0 radical (unpaired) electrons. The summed E-state index contributed by atoms with van der Waals surface area (Å²) in [5.41, 5.74) is 3.68. The normalized spacial score (nSPS) is 21.8. The van der Waals surface area contributed by atoms with Crippen LogP contribution in [0.5, 0.6) is 5.75 Å². The van der Waals surface area contributed by atoms with E-state index in [1.54, 1.807) is 4.90 Å². The van der Waals surface area contributed by atoms with Gasteiger partial charge in [0.25, 0.3) is 0 Å². The van der Waals surface area contributed by atoms with Crippen LogP contribution in [0.15, 0.2) is 11.0 Å². The zero-order valence-electron chi connectivity index (χ0n) is 16.3. The van der Waals surface area contributed by atoms with Gasteiger partial charge in [0, 0.05) is 25.3 Å². The average Bonchev–Trinajstić information content (AvgIpc) is 3.45. The van der Waals surface area contributed by atoms with Crippen LogP contribution in [0.4, 0.5) is 14.5 Å². The highest BCUT2D eigenvalue weighted by Crippen LogP contribution is 2.44. The maximum absolute atomic E-state index is 15.7. The number of hydrogen-bond acceptors (Lipinski definition) is 5. The number of aromatic carboxylic acids is 1. The Morgan fingerprint density at radius 3 is 2.59 bits per heavy atom. The third-order valence-corrected chi connectivity index (χ3v) is 6.03. The Balaban J connectivity index is 2.06. The van der Waals surface area contributed by atoms with Gasteiger partial charge in [0.2, 0.25) is 5.43 Å². The summed E-state index contributed by atoms with van der Waals surface area (Å²) in [5.74, 6) is -3.75. The third-order valence-electron chi connectivity index (χ3n) is 6.03. The van der Waals surface area contributed by atoms with Crippen LogP contribution in [-0.4, -0.2) is 42.4 Å². The lowest BCUT2D eigenvalue weighted by Crippen LogP contribution is -2.32. The monoisotopic (exact) mass is 407 g/mol. The smallest absolute Gasteiger partial charge is 0.341 e. The summed E-state index contributed by atoms with van der Waals surface area (Å²) in [6, 6.07) is -0.137. The predicted molar refractivity (Wildman–Crippen MR) is 104 cm³/mol. The van der Waals surface area contributed by atoms with Gasteiger partial charge < -0.3 is 25.0 Å². The second-order valence-electron chi connectivity index (χ2n) is 8.24. The number of carbonyl (C=O) groups is 1. The number of nitrogens with zero attached hydrogens (tertiary/aromatic N) is 2. The predicted octanol–water partition coefficient (Wildman–Crippen LogP) is 2.50. The van der Waals surface area contributed by atoms with Gasteiger partial charge in [-0.3, -0.25) is 4.79 Å². The molecule has 156 valence electrons. The second kappa shape index (κ2) is 6.69. The Bertz CT molecular complexity index is 1080. The number of fused-ring (bicyclic) bond motifs is 1. The molecule has 1 aliphatic carbocycles. The van der Waals surface area contributed by atoms with Crippen LogP contribution >= 0.6 is 0 Å². The van der Waals surface area contributed by atoms with Crippen LogP contribution in [0.2, 0.25) is 0 Å². The lowest BCUT2D eigenvalue weighted by Gasteiger charge is -2.26. The van der Waals surface area contributed by atoms with E-state index >= 15 is 8.78 Å². The molecule has 3 N–H and O–H groups in total. The molecule has 2 heterocycles. The van der Waals surface area contributed by atoms with Crippen LogP contribution < -0.4 is 20.8 Å². The van der Waals surface area contributed by atoms with E-state index in [4.69, 9.17) is 10.5 Å². The number of aromatic nitrogens is 1. The quantitative estimate of drug-likeness (QED) is 0.790. The molecule has 1 aromatic carbocycles. The number of carboxylic acid groups (broad SMARTS) is 1. The minimum Gasteiger partial charge on any atom is -0.493 e. The highest BCUT2D eigenvalue weighted by molar-refractivity contribution is 5.97. The maximum Gasteiger partial charge on any atom is 0.341 e. The summed E-state index contributed by atoms with van der Waals surface area (Å²) in [5, 5.41) is 9.03. The van der Waals surface area contributed by atoms with Gasteiger partial charge in [0.15, 0.2) is 17.4 Å². The van der Waals surface area contributed by atoms with Gasteiger partial charge >= 0.3 is 5.97 Å². The number of hydrogen-bond donors (Lipinski definition) is 2. The summed E-state index contributed by atoms with van der Waals surface area (Å²) in [7, 11) is 1.18. The Hall–Kier alpha value is -2.68. The molecule has 1 atom stereocenters. The van der Waals surface area contributed by atoms with Crippen molar-refractivity contribution < 1.29 is 23.4 Å². The van der Waals surface area contributed by atoms with Crippen molar-refractivity contribution in [1.82, 2.24) is 4.57 Å². The van der Waals surface area contributed by atoms with Gasteiger partial charge in [-0.2, -0.15) is 0 Å². The van der Waals surface area contributed by atoms with Crippen molar-refractivity contribution in [3.63, 3.8) is 0 Å². The zero-order valence-corrected chi connectivity index (χ0v) is 16.3. The summed E-state index contributed by atoms with van der Waals surface area (Å²) < 4.78 is 37.7. The number of methoxy groups -OCH3 is 1. The van der Waals surface area contributed by atoms with E-state index in [0.717, 1.165) is 19.0 Å². The van der Waals surface area contributed by atoms with E-state index in [0.29, 0.717) is 26.1 Å². The van der Waals surface area contributed by atoms with E-state index in [9.17, 15) is 14.7 Å². The molecule has 2 fully saturated rings. The Morgan fingerprint density at radius 2 is 2.07 bits per heavy atom. The molecule has 1 unspecified atom stereocenters. The number of ether oxygens (including phenoxy) is 1. The first-order valence-electron chi connectivity index (χ1n) is 9.54. The van der Waals surface area contributed by atoms with E-state index in [1.807, 2.05) is 6.92 Å². The van der Waals surface area contributed by atoms with Crippen molar-refractivity contribution in [2.24, 2.45) is 11.1 Å². The van der Waals surface area contributed by atoms with Crippen molar-refractivity contribution in [3.05, 3.63) is 33.6 Å². The first-order chi connectivity index (χ1) is 13.7. The van der Waals surface area contributed by atoms with Crippen molar-refractivity contribution in [1.29, 1.82) is 0 Å². The fourth-order valence-corrected chi connectivity index (χ4v) is 4.14. The lowest BCUT2D eigenvalue weighted by atomic mass is 9.90. The number of halogens is 2. The van der Waals surface area contributed by atoms with Crippen molar-refractivity contribution >= 4 is 22.6 Å². The van der Waals surface area contributed by atoms with Gasteiger partial charge in [-0.15, -0.1) is 0 Å². The third kappa shape index (κ3) is 2.95. The first kappa shape index (κ1) is 19.6. The molecule has 2 aliphatic rings. The summed E-state index contributed by atoms with van der Waals surface area (Å²) in [4.78, 5) is 25.9. The van der Waals surface area contributed by atoms with Crippen LogP contribution in [0.1, 0.15) is 42.6 Å². The van der Waals surface area contributed by atoms with Crippen LogP contribution in [-0.2, 0) is 0 Å². The van der Waals surface area contributed by atoms with Crippen molar-refractivity contribution in [3.8, 4) is 5.75 Å². The minimum atomic E-state index is -1.45. The molecular weight excluding hydrogens is 384 g/mol. The van der Waals surface area contributed by atoms with E-state index in [2.05, 4.69) is 0 Å². The van der Waals surface area contributed by atoms with Gasteiger partial charge in [-0.05, 0) is 31.2 Å². The molecule has 1 saturated heterocycles. The van der Waals surface area contributed by atoms with Crippen LogP contribution in [0, 0.1) is 17.0 Å². The lowest BCUT2D eigenvalue weighted by molar-refractivity contribution is 0.0694. The zero-order chi connectivity index (χ0) is 21.1. The summed E-state index contributed by atoms with van der Waals surface area (Å²) in [6.45, 7) is 3.12. The molecule has 0 bridgehead atoms. The number of anilines is 1. The summed E-state index contributed by atoms with van der Waals surface area (Å²) in [6.07, 6.45) is 3.28. The molecule has 0 spiro atoms. The fourth-order valence-electron chi connectivity index (χ4n) is 4.14. The molecule has 0 amide bonds. The molecule has 1 aliphatic heterocycles. The average molecular weight is 407 g/mol. The number of rotatable bonds is 5. The highest BCUT2D eigenvalue weighted by atomic mass is 19.1. The maximum atomic E-state index is 15.7. The van der Waals surface area contributed by atoms with E-state index in [-0.39, 0.29) is 28.0 Å². The molecule has 2 aromatic rings. The van der Waals surface area contributed by atoms with Crippen molar-refractivity contribution in [2.45, 2.75) is 32.2 Å². The largest absolute Gasteiger partial charge is 0.493 e. The highest BCUT2D eigenvalue weighted by Gasteiger charge is 2.38. The van der Waals surface area contributed by atoms with E-state index < -0.39 is 34.3 Å². The standard InChI is InChI=1S/C20H23F2N3O4/c1-20(8-23)5-6-24(9-20)16-13(21)15-12(18(29-2)14(16)22)17(26)11(19(27)28)7-25(15)10-3-4-10/h7,10H,3-6,8-9,23H2,1-2H3,(H,27,28). The molecule has 9 heteroatoms. The van der Waals surface area contributed by atoms with E-state index in [1.165, 1.54) is 11.7 Å². The Kier molecular flexibility index (Phi) is 4.53. The van der Waals surface area contributed by atoms with Gasteiger partial charge in [0.05, 0.1) is 18.0 Å². The Labute approximate surface area is 165 Å². The summed E-state index contributed by atoms with van der Waals surface area (Å²) >= 11 is 0. The Morgan fingerprint density at radius 1 is 1.38 bits per heavy atom. The van der Waals surface area contributed by atoms with Crippen LogP contribution in [0.25, 0.3) is 10.9 Å². The number of carboxylic acids is 1.